The first-order valence-corrected chi connectivity index (χ1v) is 8.16. The van der Waals surface area contributed by atoms with Crippen molar-refractivity contribution < 1.29 is 27.5 Å². The summed E-state index contributed by atoms with van der Waals surface area (Å²) in [5.74, 6) is -0.445. The molecule has 5 nitrogen and oxygen atoms in total. The Morgan fingerprint density at radius 2 is 1.96 bits per heavy atom. The molecule has 0 spiro atoms. The molecule has 1 aliphatic heterocycles. The third kappa shape index (κ3) is 5.37. The predicted octanol–water partition coefficient (Wildman–Crippen LogP) is 3.19. The van der Waals surface area contributed by atoms with Crippen LogP contribution in [-0.2, 0) is 22.3 Å². The number of halogens is 3. The Morgan fingerprint density at radius 3 is 2.56 bits per heavy atom. The van der Waals surface area contributed by atoms with Gasteiger partial charge >= 0.3 is 18.2 Å². The average molecular weight is 358 g/mol. The Labute approximate surface area is 144 Å². The first-order valence-electron chi connectivity index (χ1n) is 8.16. The minimum atomic E-state index is -4.41. The normalized spacial score (nSPS) is 15.8. The van der Waals surface area contributed by atoms with Gasteiger partial charge in [-0.1, -0.05) is 12.1 Å². The van der Waals surface area contributed by atoms with Gasteiger partial charge in [0, 0.05) is 19.6 Å². The molecule has 8 heteroatoms. The number of urea groups is 1. The number of carbonyl (C=O) groups is 2. The van der Waals surface area contributed by atoms with E-state index in [0.29, 0.717) is 38.1 Å². The maximum atomic E-state index is 12.7. The summed E-state index contributed by atoms with van der Waals surface area (Å²) in [4.78, 5) is 25.4. The van der Waals surface area contributed by atoms with Crippen LogP contribution in [0.2, 0.25) is 0 Å². The third-order valence-corrected chi connectivity index (χ3v) is 4.10. The highest BCUT2D eigenvalue weighted by molar-refractivity contribution is 5.76. The van der Waals surface area contributed by atoms with Crippen LogP contribution in [-0.4, -0.2) is 36.6 Å². The van der Waals surface area contributed by atoms with E-state index in [1.54, 1.807) is 11.8 Å². The number of likely N-dealkylation sites (tertiary alicyclic amines) is 1. The molecule has 2 amide bonds. The highest BCUT2D eigenvalue weighted by Gasteiger charge is 2.30. The molecule has 2 rings (SSSR count). The number of alkyl halides is 3. The van der Waals surface area contributed by atoms with E-state index < -0.39 is 11.7 Å². The molecule has 1 saturated heterocycles. The fourth-order valence-corrected chi connectivity index (χ4v) is 2.73. The van der Waals surface area contributed by atoms with Gasteiger partial charge in [-0.05, 0) is 37.5 Å². The lowest BCUT2D eigenvalue weighted by Crippen LogP contribution is -2.45. The van der Waals surface area contributed by atoms with Crippen LogP contribution in [0.4, 0.5) is 18.0 Å². The minimum Gasteiger partial charge on any atom is -0.466 e. The van der Waals surface area contributed by atoms with Crippen molar-refractivity contribution in [2.24, 2.45) is 5.92 Å². The molecular weight excluding hydrogens is 337 g/mol. The van der Waals surface area contributed by atoms with Gasteiger partial charge in [-0.25, -0.2) is 4.79 Å². The number of rotatable bonds is 4. The number of hydrogen-bond donors (Lipinski definition) is 1. The second-order valence-corrected chi connectivity index (χ2v) is 5.87. The summed E-state index contributed by atoms with van der Waals surface area (Å²) in [5, 5.41) is 2.62. The monoisotopic (exact) mass is 358 g/mol. The Kier molecular flexibility index (Phi) is 6.27. The summed E-state index contributed by atoms with van der Waals surface area (Å²) in [7, 11) is 0. The summed E-state index contributed by atoms with van der Waals surface area (Å²) in [6, 6.07) is 4.51. The first-order chi connectivity index (χ1) is 11.8. The number of nitrogens with zero attached hydrogens (tertiary/aromatic N) is 1. The number of hydrogen-bond acceptors (Lipinski definition) is 3. The molecule has 0 aromatic heterocycles. The summed E-state index contributed by atoms with van der Waals surface area (Å²) < 4.78 is 43.0. The van der Waals surface area contributed by atoms with E-state index in [1.165, 1.54) is 12.1 Å². The number of amides is 2. The van der Waals surface area contributed by atoms with Crippen LogP contribution in [0.3, 0.4) is 0 Å². The molecule has 0 unspecified atom stereocenters. The number of benzene rings is 1. The number of carbonyl (C=O) groups excluding carboxylic acids is 2. The standard InChI is InChI=1S/C17H21F3N2O3/c1-2-25-15(23)13-6-8-22(9-7-13)16(24)21-11-12-4-3-5-14(10-12)17(18,19)20/h3-5,10,13H,2,6-9,11H2,1H3,(H,21,24). The van der Waals surface area contributed by atoms with Crippen LogP contribution in [0.5, 0.6) is 0 Å². The quantitative estimate of drug-likeness (QED) is 0.841. The second kappa shape index (κ2) is 8.22. The van der Waals surface area contributed by atoms with Crippen molar-refractivity contribution >= 4 is 12.0 Å². The van der Waals surface area contributed by atoms with Crippen LogP contribution in [0, 0.1) is 5.92 Å². The topological polar surface area (TPSA) is 58.6 Å². The Morgan fingerprint density at radius 1 is 1.28 bits per heavy atom. The van der Waals surface area contributed by atoms with Gasteiger partial charge in [0.1, 0.15) is 0 Å². The SMILES string of the molecule is CCOC(=O)C1CCN(C(=O)NCc2cccc(C(F)(F)F)c2)CC1. The average Bonchev–Trinajstić information content (AvgIpc) is 2.59. The highest BCUT2D eigenvalue weighted by atomic mass is 19.4. The van der Waals surface area contributed by atoms with Gasteiger partial charge in [-0.2, -0.15) is 13.2 Å². The second-order valence-electron chi connectivity index (χ2n) is 5.87. The summed E-state index contributed by atoms with van der Waals surface area (Å²) in [6.07, 6.45) is -3.36. The van der Waals surface area contributed by atoms with Gasteiger partial charge < -0.3 is 15.0 Å². The lowest BCUT2D eigenvalue weighted by atomic mass is 9.97. The number of nitrogens with one attached hydrogen (secondary N) is 1. The molecule has 1 aromatic carbocycles. The van der Waals surface area contributed by atoms with Gasteiger partial charge in [-0.3, -0.25) is 4.79 Å². The molecule has 1 aliphatic rings. The lowest BCUT2D eigenvalue weighted by molar-refractivity contribution is -0.149. The van der Waals surface area contributed by atoms with Gasteiger partial charge in [0.05, 0.1) is 18.1 Å². The van der Waals surface area contributed by atoms with Gasteiger partial charge in [0.15, 0.2) is 0 Å². The molecular formula is C17H21F3N2O3. The van der Waals surface area contributed by atoms with Crippen LogP contribution < -0.4 is 5.32 Å². The maximum Gasteiger partial charge on any atom is 0.416 e. The lowest BCUT2D eigenvalue weighted by Gasteiger charge is -2.30. The zero-order chi connectivity index (χ0) is 18.4. The zero-order valence-electron chi connectivity index (χ0n) is 13.9. The molecule has 1 heterocycles. The predicted molar refractivity (Wildman–Crippen MR) is 84.6 cm³/mol. The summed E-state index contributed by atoms with van der Waals surface area (Å²) in [5.41, 5.74) is -0.362. The Bertz CT molecular complexity index is 611. The van der Waals surface area contributed by atoms with Gasteiger partial charge in [0.25, 0.3) is 0 Å². The van der Waals surface area contributed by atoms with E-state index in [2.05, 4.69) is 5.32 Å². The van der Waals surface area contributed by atoms with Crippen molar-refractivity contribution in [1.82, 2.24) is 10.2 Å². The van der Waals surface area contributed by atoms with Crippen LogP contribution in [0.25, 0.3) is 0 Å². The Balaban J connectivity index is 1.83. The molecule has 25 heavy (non-hydrogen) atoms. The molecule has 1 fully saturated rings. The van der Waals surface area contributed by atoms with Gasteiger partial charge in [-0.15, -0.1) is 0 Å². The Hall–Kier alpha value is -2.25. The fraction of sp³-hybridized carbons (Fsp3) is 0.529. The van der Waals surface area contributed by atoms with Crippen molar-refractivity contribution in [3.8, 4) is 0 Å². The molecule has 0 atom stereocenters. The smallest absolute Gasteiger partial charge is 0.416 e. The van der Waals surface area contributed by atoms with E-state index in [1.807, 2.05) is 0 Å². The van der Waals surface area contributed by atoms with Crippen LogP contribution >= 0.6 is 0 Å². The van der Waals surface area contributed by atoms with E-state index in [4.69, 9.17) is 4.74 Å². The number of esters is 1. The maximum absolute atomic E-state index is 12.7. The van der Waals surface area contributed by atoms with E-state index in [9.17, 15) is 22.8 Å². The van der Waals surface area contributed by atoms with Crippen molar-refractivity contribution in [1.29, 1.82) is 0 Å². The van der Waals surface area contributed by atoms with Crippen molar-refractivity contribution in [3.63, 3.8) is 0 Å². The van der Waals surface area contributed by atoms with E-state index in [0.717, 1.165) is 12.1 Å². The first kappa shape index (κ1) is 19.1. The summed E-state index contributed by atoms with van der Waals surface area (Å²) >= 11 is 0. The molecule has 0 aliphatic carbocycles. The molecule has 0 radical (unpaired) electrons. The van der Waals surface area contributed by atoms with E-state index in [-0.39, 0.29) is 24.5 Å². The number of piperidine rings is 1. The van der Waals surface area contributed by atoms with E-state index >= 15 is 0 Å². The molecule has 1 aromatic rings. The van der Waals surface area contributed by atoms with Crippen LogP contribution in [0.15, 0.2) is 24.3 Å². The molecule has 138 valence electrons. The van der Waals surface area contributed by atoms with Gasteiger partial charge in [0.2, 0.25) is 0 Å². The van der Waals surface area contributed by atoms with Crippen LogP contribution in [0.1, 0.15) is 30.9 Å². The fourth-order valence-electron chi connectivity index (χ4n) is 2.73. The summed E-state index contributed by atoms with van der Waals surface area (Å²) in [6.45, 7) is 2.92. The molecule has 0 saturated carbocycles. The number of ether oxygens (including phenoxy) is 1. The highest BCUT2D eigenvalue weighted by Crippen LogP contribution is 2.29. The third-order valence-electron chi connectivity index (χ3n) is 4.10. The van der Waals surface area contributed by atoms with Crippen molar-refractivity contribution in [2.45, 2.75) is 32.5 Å². The molecule has 1 N–H and O–H groups in total. The van der Waals surface area contributed by atoms with Crippen molar-refractivity contribution in [2.75, 3.05) is 19.7 Å². The van der Waals surface area contributed by atoms with Crippen molar-refractivity contribution in [3.05, 3.63) is 35.4 Å². The molecule has 0 bridgehead atoms. The minimum absolute atomic E-state index is 0.0144. The largest absolute Gasteiger partial charge is 0.466 e. The zero-order valence-corrected chi connectivity index (χ0v) is 13.9.